The standard InChI is InChI=1S/C21H26FN3/c1-15-4-5-19-18(12-15)13-17(6-10-25(3)11-7-22)21(19)16(2)20-14-23-8-9-24-20/h4-5,8-9,12,14,16H,6-7,10-11,13H2,1-3H3. The Kier molecular flexibility index (Phi) is 5.59. The van der Waals surface area contributed by atoms with Gasteiger partial charge in [-0.15, -0.1) is 0 Å². The van der Waals surface area contributed by atoms with Crippen LogP contribution in [0.4, 0.5) is 4.39 Å². The van der Waals surface area contributed by atoms with Gasteiger partial charge < -0.3 is 4.90 Å². The molecule has 1 aliphatic carbocycles. The molecule has 3 nitrogen and oxygen atoms in total. The summed E-state index contributed by atoms with van der Waals surface area (Å²) in [7, 11) is 1.98. The molecule has 0 spiro atoms. The maximum atomic E-state index is 12.6. The van der Waals surface area contributed by atoms with Crippen molar-refractivity contribution in [3.8, 4) is 0 Å². The smallest absolute Gasteiger partial charge is 0.102 e. The van der Waals surface area contributed by atoms with Crippen molar-refractivity contribution in [2.45, 2.75) is 32.6 Å². The lowest BCUT2D eigenvalue weighted by Crippen LogP contribution is -2.22. The fourth-order valence-corrected chi connectivity index (χ4v) is 3.67. The lowest BCUT2D eigenvalue weighted by Gasteiger charge is -2.19. The highest BCUT2D eigenvalue weighted by atomic mass is 19.1. The number of hydrogen-bond acceptors (Lipinski definition) is 3. The third-order valence-electron chi connectivity index (χ3n) is 5.06. The maximum Gasteiger partial charge on any atom is 0.102 e. The van der Waals surface area contributed by atoms with Crippen LogP contribution in [0.1, 0.15) is 41.6 Å². The van der Waals surface area contributed by atoms with Crippen molar-refractivity contribution in [3.63, 3.8) is 0 Å². The monoisotopic (exact) mass is 339 g/mol. The Morgan fingerprint density at radius 2 is 2.08 bits per heavy atom. The molecule has 0 saturated heterocycles. The highest BCUT2D eigenvalue weighted by molar-refractivity contribution is 5.80. The Morgan fingerprint density at radius 1 is 1.24 bits per heavy atom. The Labute approximate surface area is 149 Å². The van der Waals surface area contributed by atoms with E-state index in [2.05, 4.69) is 46.9 Å². The van der Waals surface area contributed by atoms with Crippen LogP contribution in [0, 0.1) is 6.92 Å². The van der Waals surface area contributed by atoms with Crippen molar-refractivity contribution in [3.05, 3.63) is 64.7 Å². The number of hydrogen-bond donors (Lipinski definition) is 0. The van der Waals surface area contributed by atoms with E-state index in [0.29, 0.717) is 6.54 Å². The molecule has 1 unspecified atom stereocenters. The summed E-state index contributed by atoms with van der Waals surface area (Å²) in [5.74, 6) is 0.208. The first-order chi connectivity index (χ1) is 12.1. The Morgan fingerprint density at radius 3 is 2.80 bits per heavy atom. The maximum absolute atomic E-state index is 12.6. The SMILES string of the molecule is Cc1ccc2c(c1)CC(CCN(C)CCF)=C2C(C)c1cnccn1. The molecule has 0 N–H and O–H groups in total. The molecule has 1 aliphatic rings. The highest BCUT2D eigenvalue weighted by Gasteiger charge is 2.27. The summed E-state index contributed by atoms with van der Waals surface area (Å²) >= 11 is 0. The van der Waals surface area contributed by atoms with Gasteiger partial charge in [-0.05, 0) is 43.5 Å². The second-order valence-electron chi connectivity index (χ2n) is 6.95. The fraction of sp³-hybridized carbons (Fsp3) is 0.429. The zero-order valence-electron chi connectivity index (χ0n) is 15.3. The highest BCUT2D eigenvalue weighted by Crippen LogP contribution is 2.42. The minimum absolute atomic E-state index is 0.208. The van der Waals surface area contributed by atoms with Crippen molar-refractivity contribution in [2.75, 3.05) is 26.8 Å². The van der Waals surface area contributed by atoms with Gasteiger partial charge in [-0.3, -0.25) is 9.97 Å². The van der Waals surface area contributed by atoms with Gasteiger partial charge in [0.1, 0.15) is 6.67 Å². The van der Waals surface area contributed by atoms with Crippen LogP contribution in [0.15, 0.2) is 42.4 Å². The second kappa shape index (κ2) is 7.87. The molecule has 1 atom stereocenters. The van der Waals surface area contributed by atoms with Crippen molar-refractivity contribution in [1.82, 2.24) is 14.9 Å². The van der Waals surface area contributed by atoms with Crippen LogP contribution >= 0.6 is 0 Å². The molecule has 1 aromatic heterocycles. The van der Waals surface area contributed by atoms with E-state index >= 15 is 0 Å². The zero-order valence-corrected chi connectivity index (χ0v) is 15.3. The van der Waals surface area contributed by atoms with E-state index in [9.17, 15) is 4.39 Å². The van der Waals surface area contributed by atoms with E-state index in [1.807, 2.05) is 13.2 Å². The predicted octanol–water partition coefficient (Wildman–Crippen LogP) is 4.19. The largest absolute Gasteiger partial charge is 0.303 e. The summed E-state index contributed by atoms with van der Waals surface area (Å²) in [4.78, 5) is 10.8. The number of rotatable bonds is 7. The summed E-state index contributed by atoms with van der Waals surface area (Å²) in [5.41, 5.74) is 7.86. The normalized spacial score (nSPS) is 14.9. The molecule has 0 aliphatic heterocycles. The van der Waals surface area contributed by atoms with Gasteiger partial charge in [-0.2, -0.15) is 0 Å². The quantitative estimate of drug-likeness (QED) is 0.757. The minimum atomic E-state index is -0.294. The molecule has 1 aromatic carbocycles. The Bertz CT molecular complexity index is 755. The predicted molar refractivity (Wildman–Crippen MR) is 100 cm³/mol. The molecule has 1 heterocycles. The van der Waals surface area contributed by atoms with Gasteiger partial charge in [0.15, 0.2) is 0 Å². The van der Waals surface area contributed by atoms with Gasteiger partial charge >= 0.3 is 0 Å². The van der Waals surface area contributed by atoms with Gasteiger partial charge in [0.25, 0.3) is 0 Å². The van der Waals surface area contributed by atoms with E-state index in [0.717, 1.165) is 25.1 Å². The van der Waals surface area contributed by atoms with E-state index in [-0.39, 0.29) is 12.6 Å². The van der Waals surface area contributed by atoms with Crippen molar-refractivity contribution in [2.24, 2.45) is 0 Å². The van der Waals surface area contributed by atoms with Crippen LogP contribution in [-0.4, -0.2) is 41.7 Å². The van der Waals surface area contributed by atoms with Gasteiger partial charge in [0.05, 0.1) is 5.69 Å². The molecule has 3 rings (SSSR count). The topological polar surface area (TPSA) is 29.0 Å². The molecule has 0 amide bonds. The molecule has 0 bridgehead atoms. The van der Waals surface area contributed by atoms with Crippen molar-refractivity contribution >= 4 is 5.57 Å². The number of halogens is 1. The van der Waals surface area contributed by atoms with Crippen LogP contribution < -0.4 is 0 Å². The van der Waals surface area contributed by atoms with Crippen LogP contribution in [0.2, 0.25) is 0 Å². The first kappa shape index (κ1) is 17.7. The van der Waals surface area contributed by atoms with Crippen LogP contribution in [-0.2, 0) is 6.42 Å². The average Bonchev–Trinajstić information content (AvgIpc) is 2.97. The number of alkyl halides is 1. The van der Waals surface area contributed by atoms with Crippen LogP contribution in [0.3, 0.4) is 0 Å². The van der Waals surface area contributed by atoms with Crippen molar-refractivity contribution < 1.29 is 4.39 Å². The fourth-order valence-electron chi connectivity index (χ4n) is 3.67. The number of benzene rings is 1. The summed E-state index contributed by atoms with van der Waals surface area (Å²) in [6.45, 7) is 5.42. The molecule has 132 valence electrons. The summed E-state index contributed by atoms with van der Waals surface area (Å²) in [5, 5.41) is 0. The van der Waals surface area contributed by atoms with E-state index in [4.69, 9.17) is 0 Å². The molecule has 2 aromatic rings. The van der Waals surface area contributed by atoms with E-state index < -0.39 is 0 Å². The van der Waals surface area contributed by atoms with Crippen molar-refractivity contribution in [1.29, 1.82) is 0 Å². The lowest BCUT2D eigenvalue weighted by molar-refractivity contribution is 0.298. The first-order valence-corrected chi connectivity index (χ1v) is 8.92. The molecule has 0 saturated carbocycles. The first-order valence-electron chi connectivity index (χ1n) is 8.92. The summed E-state index contributed by atoms with van der Waals surface area (Å²) < 4.78 is 12.6. The number of nitrogens with zero attached hydrogens (tertiary/aromatic N) is 3. The summed E-state index contributed by atoms with van der Waals surface area (Å²) in [6.07, 6.45) is 7.27. The summed E-state index contributed by atoms with van der Waals surface area (Å²) in [6, 6.07) is 6.71. The van der Waals surface area contributed by atoms with Gasteiger partial charge in [0.2, 0.25) is 0 Å². The molecule has 4 heteroatoms. The molecular formula is C21H26FN3. The minimum Gasteiger partial charge on any atom is -0.303 e. The third kappa shape index (κ3) is 3.96. The number of aryl methyl sites for hydroxylation is 1. The molecule has 0 fully saturated rings. The van der Waals surface area contributed by atoms with E-state index in [1.54, 1.807) is 12.4 Å². The number of allylic oxidation sites excluding steroid dienone is 1. The number of aromatic nitrogens is 2. The Balaban J connectivity index is 1.92. The molecule has 0 radical (unpaired) electrons. The molecule has 25 heavy (non-hydrogen) atoms. The number of fused-ring (bicyclic) bond motifs is 1. The second-order valence-corrected chi connectivity index (χ2v) is 6.95. The van der Waals surface area contributed by atoms with Gasteiger partial charge in [0, 0.05) is 37.6 Å². The van der Waals surface area contributed by atoms with Crippen LogP contribution in [0.25, 0.3) is 5.57 Å². The van der Waals surface area contributed by atoms with Gasteiger partial charge in [-0.1, -0.05) is 36.3 Å². The average molecular weight is 339 g/mol. The lowest BCUT2D eigenvalue weighted by atomic mass is 9.90. The molecular weight excluding hydrogens is 313 g/mol. The van der Waals surface area contributed by atoms with Gasteiger partial charge in [-0.25, -0.2) is 4.39 Å². The Hall–Kier alpha value is -2.07. The zero-order chi connectivity index (χ0) is 17.8. The third-order valence-corrected chi connectivity index (χ3v) is 5.06. The van der Waals surface area contributed by atoms with Crippen LogP contribution in [0.5, 0.6) is 0 Å². The van der Waals surface area contributed by atoms with E-state index in [1.165, 1.54) is 27.8 Å².